The maximum Gasteiger partial charge on any atom is 0.158 e. The first-order chi connectivity index (χ1) is 10.9. The summed E-state index contributed by atoms with van der Waals surface area (Å²) in [5, 5.41) is 0. The van der Waals surface area contributed by atoms with Crippen LogP contribution in [0.3, 0.4) is 0 Å². The monoisotopic (exact) mass is 308 g/mol. The molecule has 1 rings (SSSR count). The van der Waals surface area contributed by atoms with Crippen LogP contribution >= 0.6 is 0 Å². The van der Waals surface area contributed by atoms with Crippen molar-refractivity contribution in [2.75, 3.05) is 13.2 Å². The van der Waals surface area contributed by atoms with E-state index in [1.165, 1.54) is 77.0 Å². The van der Waals surface area contributed by atoms with Crippen LogP contribution in [0.1, 0.15) is 96.8 Å². The third kappa shape index (κ3) is 12.1. The van der Waals surface area contributed by atoms with Crippen molar-refractivity contribution < 1.29 is 9.47 Å². The number of ether oxygens (including phenoxy) is 2. The van der Waals surface area contributed by atoms with E-state index in [4.69, 9.17) is 9.47 Å². The predicted molar refractivity (Wildman–Crippen MR) is 93.8 cm³/mol. The van der Waals surface area contributed by atoms with E-state index in [1.54, 1.807) is 0 Å². The minimum Gasteiger partial charge on any atom is -0.353 e. The molecule has 0 aromatic heterocycles. The lowest BCUT2D eigenvalue weighted by atomic mass is 10.1. The van der Waals surface area contributed by atoms with Crippen LogP contribution in [0.2, 0.25) is 0 Å². The SMILES string of the molecule is CCCCCCCCCCCCC#CCOC1CCCCO1. The maximum absolute atomic E-state index is 5.59. The fourth-order valence-corrected chi connectivity index (χ4v) is 2.82. The Hall–Kier alpha value is -0.520. The van der Waals surface area contributed by atoms with E-state index in [-0.39, 0.29) is 6.29 Å². The van der Waals surface area contributed by atoms with Crippen molar-refractivity contribution in [2.45, 2.75) is 103 Å². The van der Waals surface area contributed by atoms with E-state index in [1.807, 2.05) is 0 Å². The summed E-state index contributed by atoms with van der Waals surface area (Å²) in [6.07, 6.45) is 18.3. The summed E-state index contributed by atoms with van der Waals surface area (Å²) in [6.45, 7) is 3.65. The molecule has 0 radical (unpaired) electrons. The smallest absolute Gasteiger partial charge is 0.158 e. The van der Waals surface area contributed by atoms with Gasteiger partial charge in [0.05, 0.1) is 0 Å². The second-order valence-corrected chi connectivity index (χ2v) is 6.39. The lowest BCUT2D eigenvalue weighted by Gasteiger charge is -2.21. The van der Waals surface area contributed by atoms with Gasteiger partial charge >= 0.3 is 0 Å². The predicted octanol–water partition coefficient (Wildman–Crippen LogP) is 5.84. The third-order valence-electron chi connectivity index (χ3n) is 4.26. The summed E-state index contributed by atoms with van der Waals surface area (Å²) in [4.78, 5) is 0. The van der Waals surface area contributed by atoms with Crippen molar-refractivity contribution in [3.05, 3.63) is 0 Å². The largest absolute Gasteiger partial charge is 0.353 e. The van der Waals surface area contributed by atoms with Gasteiger partial charge in [-0.05, 0) is 25.7 Å². The Kier molecular flexibility index (Phi) is 13.6. The molecule has 0 spiro atoms. The molecule has 1 aliphatic heterocycles. The van der Waals surface area contributed by atoms with Crippen molar-refractivity contribution in [3.8, 4) is 11.8 Å². The van der Waals surface area contributed by atoms with E-state index in [0.29, 0.717) is 6.61 Å². The van der Waals surface area contributed by atoms with Crippen LogP contribution in [0.5, 0.6) is 0 Å². The molecule has 0 saturated carbocycles. The quantitative estimate of drug-likeness (QED) is 0.333. The zero-order valence-electron chi connectivity index (χ0n) is 14.7. The first-order valence-electron chi connectivity index (χ1n) is 9.62. The van der Waals surface area contributed by atoms with Crippen LogP contribution in [0, 0.1) is 11.8 Å². The van der Waals surface area contributed by atoms with Gasteiger partial charge in [0.25, 0.3) is 0 Å². The highest BCUT2D eigenvalue weighted by molar-refractivity contribution is 4.98. The fraction of sp³-hybridized carbons (Fsp3) is 0.900. The Balaban J connectivity index is 1.76. The van der Waals surface area contributed by atoms with Gasteiger partial charge in [-0.2, -0.15) is 0 Å². The standard InChI is InChI=1S/C20H36O2/c1-2-3-4-5-6-7-8-9-10-11-12-13-15-18-21-20-17-14-16-19-22-20/h20H,2-12,14,16-19H2,1H3. The summed E-state index contributed by atoms with van der Waals surface area (Å²) >= 11 is 0. The van der Waals surface area contributed by atoms with Gasteiger partial charge < -0.3 is 9.47 Å². The number of unbranched alkanes of at least 4 members (excludes halogenated alkanes) is 10. The van der Waals surface area contributed by atoms with Crippen LogP contribution in [0.15, 0.2) is 0 Å². The lowest BCUT2D eigenvalue weighted by Crippen LogP contribution is -2.22. The van der Waals surface area contributed by atoms with Crippen LogP contribution < -0.4 is 0 Å². The molecular weight excluding hydrogens is 272 g/mol. The van der Waals surface area contributed by atoms with E-state index >= 15 is 0 Å². The highest BCUT2D eigenvalue weighted by Crippen LogP contribution is 2.13. The van der Waals surface area contributed by atoms with E-state index < -0.39 is 0 Å². The van der Waals surface area contributed by atoms with Gasteiger partial charge in [-0.3, -0.25) is 0 Å². The minimum atomic E-state index is 0.000348. The van der Waals surface area contributed by atoms with Gasteiger partial charge in [0.15, 0.2) is 6.29 Å². The molecule has 1 atom stereocenters. The number of hydrogen-bond acceptors (Lipinski definition) is 2. The van der Waals surface area contributed by atoms with Crippen molar-refractivity contribution in [2.24, 2.45) is 0 Å². The molecule has 2 nitrogen and oxygen atoms in total. The summed E-state index contributed by atoms with van der Waals surface area (Å²) in [5.41, 5.74) is 0. The Morgan fingerprint density at radius 1 is 0.864 bits per heavy atom. The molecule has 0 aliphatic carbocycles. The van der Waals surface area contributed by atoms with Crippen LogP contribution in [-0.4, -0.2) is 19.5 Å². The molecule has 2 heteroatoms. The Morgan fingerprint density at radius 2 is 1.55 bits per heavy atom. The second kappa shape index (κ2) is 15.4. The molecule has 1 unspecified atom stereocenters. The molecular formula is C20H36O2. The molecule has 0 amide bonds. The molecule has 1 heterocycles. The summed E-state index contributed by atoms with van der Waals surface area (Å²) in [5.74, 6) is 6.33. The fourth-order valence-electron chi connectivity index (χ4n) is 2.82. The van der Waals surface area contributed by atoms with Crippen molar-refractivity contribution >= 4 is 0 Å². The zero-order chi connectivity index (χ0) is 15.7. The van der Waals surface area contributed by atoms with E-state index in [0.717, 1.165) is 19.4 Å². The molecule has 0 aromatic carbocycles. The molecule has 0 aromatic rings. The van der Waals surface area contributed by atoms with Gasteiger partial charge in [0.1, 0.15) is 6.61 Å². The summed E-state index contributed by atoms with van der Waals surface area (Å²) in [6, 6.07) is 0. The first-order valence-corrected chi connectivity index (χ1v) is 9.62. The van der Waals surface area contributed by atoms with Gasteiger partial charge in [0.2, 0.25) is 0 Å². The van der Waals surface area contributed by atoms with E-state index in [9.17, 15) is 0 Å². The van der Waals surface area contributed by atoms with Gasteiger partial charge in [-0.25, -0.2) is 0 Å². The van der Waals surface area contributed by atoms with Crippen LogP contribution in [-0.2, 0) is 9.47 Å². The van der Waals surface area contributed by atoms with Crippen LogP contribution in [0.25, 0.3) is 0 Å². The number of hydrogen-bond donors (Lipinski definition) is 0. The Morgan fingerprint density at radius 3 is 2.18 bits per heavy atom. The normalized spacial score (nSPS) is 18.0. The molecule has 1 aliphatic rings. The van der Waals surface area contributed by atoms with Crippen molar-refractivity contribution in [1.29, 1.82) is 0 Å². The Labute approximate surface area is 138 Å². The lowest BCUT2D eigenvalue weighted by molar-refractivity contribution is -0.154. The molecule has 0 N–H and O–H groups in total. The summed E-state index contributed by atoms with van der Waals surface area (Å²) in [7, 11) is 0. The highest BCUT2D eigenvalue weighted by atomic mass is 16.7. The molecule has 1 fully saturated rings. The highest BCUT2D eigenvalue weighted by Gasteiger charge is 2.12. The van der Waals surface area contributed by atoms with Crippen LogP contribution in [0.4, 0.5) is 0 Å². The Bertz CT molecular complexity index is 284. The second-order valence-electron chi connectivity index (χ2n) is 6.39. The third-order valence-corrected chi connectivity index (χ3v) is 4.26. The van der Waals surface area contributed by atoms with Gasteiger partial charge in [-0.15, -0.1) is 5.92 Å². The molecule has 22 heavy (non-hydrogen) atoms. The maximum atomic E-state index is 5.59. The van der Waals surface area contributed by atoms with Gasteiger partial charge in [0, 0.05) is 13.0 Å². The first kappa shape index (κ1) is 19.5. The van der Waals surface area contributed by atoms with E-state index in [2.05, 4.69) is 18.8 Å². The number of rotatable bonds is 12. The zero-order valence-corrected chi connectivity index (χ0v) is 14.7. The van der Waals surface area contributed by atoms with Gasteiger partial charge in [-0.1, -0.05) is 70.6 Å². The topological polar surface area (TPSA) is 18.5 Å². The van der Waals surface area contributed by atoms with Crippen molar-refractivity contribution in [3.63, 3.8) is 0 Å². The minimum absolute atomic E-state index is 0.000348. The summed E-state index contributed by atoms with van der Waals surface area (Å²) < 4.78 is 11.1. The molecule has 0 bridgehead atoms. The van der Waals surface area contributed by atoms with Crippen molar-refractivity contribution in [1.82, 2.24) is 0 Å². The molecule has 128 valence electrons. The average Bonchev–Trinajstić information content (AvgIpc) is 2.56. The average molecular weight is 309 g/mol. The molecule has 1 saturated heterocycles.